The molecule has 0 unspecified atom stereocenters. The highest BCUT2D eigenvalue weighted by Gasteiger charge is 2.29. The molecule has 0 aliphatic carbocycles. The molecule has 0 fully saturated rings. The monoisotopic (exact) mass is 336 g/mol. The van der Waals surface area contributed by atoms with Crippen LogP contribution in [-0.4, -0.2) is 35.7 Å². The first-order valence-corrected chi connectivity index (χ1v) is 8.39. The number of thioether (sulfide) groups is 1. The lowest BCUT2D eigenvalue weighted by Crippen LogP contribution is -2.36. The number of esters is 1. The first-order valence-electron chi connectivity index (χ1n) is 7.51. The van der Waals surface area contributed by atoms with Crippen LogP contribution < -0.4 is 10.6 Å². The van der Waals surface area contributed by atoms with E-state index in [4.69, 9.17) is 4.74 Å². The van der Waals surface area contributed by atoms with Gasteiger partial charge in [-0.05, 0) is 25.5 Å². The molecule has 0 saturated heterocycles. The summed E-state index contributed by atoms with van der Waals surface area (Å²) >= 11 is 1.33. The van der Waals surface area contributed by atoms with E-state index in [0.717, 1.165) is 17.0 Å². The Labute approximate surface area is 139 Å². The second kappa shape index (κ2) is 8.01. The molecule has 7 heteroatoms. The predicted molar refractivity (Wildman–Crippen MR) is 88.2 cm³/mol. The molecule has 2 atom stereocenters. The van der Waals surface area contributed by atoms with Gasteiger partial charge in [0.05, 0.1) is 17.4 Å². The molecule has 6 nitrogen and oxygen atoms in total. The standard InChI is InChI=1S/C16H20N2O4S/c1-3-10(2)17-14(19)9-22-15(20)8-13-16(21)18-11-6-4-5-7-12(11)23-13/h4-7,10,13H,3,8-9H2,1-2H3,(H,17,19)(H,18,21)/t10-,13+/m1/s1. The Bertz CT molecular complexity index is 605. The second-order valence-electron chi connectivity index (χ2n) is 5.33. The molecule has 0 bridgehead atoms. The fourth-order valence-electron chi connectivity index (χ4n) is 2.00. The van der Waals surface area contributed by atoms with Crippen LogP contribution in [0.5, 0.6) is 0 Å². The van der Waals surface area contributed by atoms with Gasteiger partial charge >= 0.3 is 5.97 Å². The molecular formula is C16H20N2O4S. The van der Waals surface area contributed by atoms with Gasteiger partial charge in [-0.15, -0.1) is 11.8 Å². The van der Waals surface area contributed by atoms with Crippen molar-refractivity contribution in [2.75, 3.05) is 11.9 Å². The van der Waals surface area contributed by atoms with Crippen LogP contribution >= 0.6 is 11.8 Å². The summed E-state index contributed by atoms with van der Waals surface area (Å²) in [5.41, 5.74) is 0.750. The van der Waals surface area contributed by atoms with Gasteiger partial charge in [-0.3, -0.25) is 14.4 Å². The number of carbonyl (C=O) groups excluding carboxylic acids is 3. The van der Waals surface area contributed by atoms with Crippen LogP contribution in [0.15, 0.2) is 29.2 Å². The summed E-state index contributed by atoms with van der Waals surface area (Å²) in [5, 5.41) is 4.93. The van der Waals surface area contributed by atoms with Crippen molar-refractivity contribution in [2.45, 2.75) is 42.9 Å². The number of fused-ring (bicyclic) bond motifs is 1. The number of ether oxygens (including phenoxy) is 1. The highest BCUT2D eigenvalue weighted by molar-refractivity contribution is 8.01. The Kier molecular flexibility index (Phi) is 6.04. The third-order valence-electron chi connectivity index (χ3n) is 3.44. The Morgan fingerprint density at radius 1 is 1.39 bits per heavy atom. The zero-order valence-electron chi connectivity index (χ0n) is 13.1. The predicted octanol–water partition coefficient (Wildman–Crippen LogP) is 1.95. The lowest BCUT2D eigenvalue weighted by Gasteiger charge is -2.23. The topological polar surface area (TPSA) is 84.5 Å². The largest absolute Gasteiger partial charge is 0.456 e. The number of hydrogen-bond acceptors (Lipinski definition) is 5. The van der Waals surface area contributed by atoms with Crippen LogP contribution in [0.3, 0.4) is 0 Å². The summed E-state index contributed by atoms with van der Waals surface area (Å²) in [6, 6.07) is 7.45. The Morgan fingerprint density at radius 2 is 2.13 bits per heavy atom. The Morgan fingerprint density at radius 3 is 2.87 bits per heavy atom. The molecule has 0 aromatic heterocycles. The van der Waals surface area contributed by atoms with Crippen LogP contribution in [0.4, 0.5) is 5.69 Å². The summed E-state index contributed by atoms with van der Waals surface area (Å²) in [7, 11) is 0. The molecule has 0 radical (unpaired) electrons. The molecule has 23 heavy (non-hydrogen) atoms. The quantitative estimate of drug-likeness (QED) is 0.776. The van der Waals surface area contributed by atoms with E-state index in [1.807, 2.05) is 38.1 Å². The number of anilines is 1. The molecule has 2 amide bonds. The van der Waals surface area contributed by atoms with Crippen LogP contribution in [0.2, 0.25) is 0 Å². The van der Waals surface area contributed by atoms with Gasteiger partial charge in [0.15, 0.2) is 6.61 Å². The van der Waals surface area contributed by atoms with Crippen LogP contribution in [-0.2, 0) is 19.1 Å². The first-order chi connectivity index (χ1) is 11.0. The van der Waals surface area contributed by atoms with Crippen molar-refractivity contribution in [3.05, 3.63) is 24.3 Å². The maximum Gasteiger partial charge on any atom is 0.307 e. The summed E-state index contributed by atoms with van der Waals surface area (Å²) in [4.78, 5) is 36.3. The molecule has 0 spiro atoms. The normalized spacial score (nSPS) is 17.7. The van der Waals surface area contributed by atoms with Gasteiger partial charge in [-0.1, -0.05) is 19.1 Å². The molecule has 1 heterocycles. The van der Waals surface area contributed by atoms with Gasteiger partial charge in [0, 0.05) is 10.9 Å². The van der Waals surface area contributed by atoms with Crippen LogP contribution in [0.25, 0.3) is 0 Å². The van der Waals surface area contributed by atoms with E-state index in [1.54, 1.807) is 0 Å². The van der Waals surface area contributed by atoms with Crippen LogP contribution in [0, 0.1) is 0 Å². The van der Waals surface area contributed by atoms with Crippen molar-refractivity contribution >= 4 is 35.2 Å². The van der Waals surface area contributed by atoms with E-state index >= 15 is 0 Å². The third-order valence-corrected chi connectivity index (χ3v) is 4.72. The maximum atomic E-state index is 12.0. The third kappa shape index (κ3) is 4.99. The average Bonchev–Trinajstić information content (AvgIpc) is 2.53. The molecule has 124 valence electrons. The number of amides is 2. The molecule has 2 rings (SSSR count). The van der Waals surface area contributed by atoms with E-state index < -0.39 is 11.2 Å². The number of para-hydroxylation sites is 1. The van der Waals surface area contributed by atoms with E-state index in [9.17, 15) is 14.4 Å². The zero-order valence-corrected chi connectivity index (χ0v) is 13.9. The minimum absolute atomic E-state index is 0.0392. The average molecular weight is 336 g/mol. The summed E-state index contributed by atoms with van der Waals surface area (Å²) in [5.74, 6) is -1.12. The fourth-order valence-corrected chi connectivity index (χ4v) is 3.10. The Balaban J connectivity index is 1.82. The number of hydrogen-bond donors (Lipinski definition) is 2. The fraction of sp³-hybridized carbons (Fsp3) is 0.438. The van der Waals surface area contributed by atoms with Gasteiger partial charge in [0.2, 0.25) is 5.91 Å². The summed E-state index contributed by atoms with van der Waals surface area (Å²) < 4.78 is 4.94. The van der Waals surface area contributed by atoms with Gasteiger partial charge in [0.1, 0.15) is 0 Å². The SMILES string of the molecule is CC[C@@H](C)NC(=O)COC(=O)C[C@@H]1Sc2ccccc2NC1=O. The number of benzene rings is 1. The van der Waals surface area contributed by atoms with Crippen molar-refractivity contribution in [3.8, 4) is 0 Å². The zero-order chi connectivity index (χ0) is 16.8. The highest BCUT2D eigenvalue weighted by atomic mass is 32.2. The molecule has 2 N–H and O–H groups in total. The molecule has 1 aromatic carbocycles. The molecule has 1 aromatic rings. The smallest absolute Gasteiger partial charge is 0.307 e. The van der Waals surface area contributed by atoms with Crippen molar-refractivity contribution < 1.29 is 19.1 Å². The second-order valence-corrected chi connectivity index (χ2v) is 6.58. The van der Waals surface area contributed by atoms with Crippen molar-refractivity contribution in [2.24, 2.45) is 0 Å². The minimum atomic E-state index is -0.559. The van der Waals surface area contributed by atoms with E-state index in [1.165, 1.54) is 11.8 Å². The molecule has 0 saturated carbocycles. The number of nitrogens with one attached hydrogen (secondary N) is 2. The van der Waals surface area contributed by atoms with E-state index in [0.29, 0.717) is 0 Å². The lowest BCUT2D eigenvalue weighted by molar-refractivity contribution is -0.149. The van der Waals surface area contributed by atoms with Crippen molar-refractivity contribution in [3.63, 3.8) is 0 Å². The maximum absolute atomic E-state index is 12.0. The first kappa shape index (κ1) is 17.3. The molecular weight excluding hydrogens is 316 g/mol. The van der Waals surface area contributed by atoms with Gasteiger partial charge in [-0.2, -0.15) is 0 Å². The molecule has 1 aliphatic heterocycles. The number of rotatable bonds is 6. The molecule has 1 aliphatic rings. The van der Waals surface area contributed by atoms with Crippen molar-refractivity contribution in [1.82, 2.24) is 5.32 Å². The highest BCUT2D eigenvalue weighted by Crippen LogP contribution is 2.36. The lowest BCUT2D eigenvalue weighted by atomic mass is 10.2. The van der Waals surface area contributed by atoms with Crippen molar-refractivity contribution in [1.29, 1.82) is 0 Å². The van der Waals surface area contributed by atoms with E-state index in [-0.39, 0.29) is 30.9 Å². The van der Waals surface area contributed by atoms with Crippen LogP contribution in [0.1, 0.15) is 26.7 Å². The summed E-state index contributed by atoms with van der Waals surface area (Å²) in [6.07, 6.45) is 0.736. The van der Waals surface area contributed by atoms with Gasteiger partial charge in [-0.25, -0.2) is 0 Å². The summed E-state index contributed by atoms with van der Waals surface area (Å²) in [6.45, 7) is 3.51. The Hall–Kier alpha value is -2.02. The van der Waals surface area contributed by atoms with Gasteiger partial charge in [0.25, 0.3) is 5.91 Å². The minimum Gasteiger partial charge on any atom is -0.456 e. The van der Waals surface area contributed by atoms with Gasteiger partial charge < -0.3 is 15.4 Å². The number of carbonyl (C=O) groups is 3. The van der Waals surface area contributed by atoms with E-state index in [2.05, 4.69) is 10.6 Å².